The summed E-state index contributed by atoms with van der Waals surface area (Å²) in [7, 11) is 0. The van der Waals surface area contributed by atoms with E-state index in [4.69, 9.17) is 0 Å². The van der Waals surface area contributed by atoms with Gasteiger partial charge in [0.15, 0.2) is 0 Å². The highest BCUT2D eigenvalue weighted by molar-refractivity contribution is 5.80. The third kappa shape index (κ3) is 6.05. The first-order valence-corrected chi connectivity index (χ1v) is 9.36. The zero-order chi connectivity index (χ0) is 18.3. The average molecular weight is 355 g/mol. The number of nitrogens with zero attached hydrogens (tertiary/aromatic N) is 1. The van der Waals surface area contributed by atoms with Crippen molar-refractivity contribution < 1.29 is 18.0 Å². The van der Waals surface area contributed by atoms with Gasteiger partial charge < -0.3 is 4.90 Å². The lowest BCUT2D eigenvalue weighted by Crippen LogP contribution is -2.26. The van der Waals surface area contributed by atoms with Crippen LogP contribution in [0.15, 0.2) is 24.3 Å². The Balaban J connectivity index is 1.76. The molecule has 1 aliphatic rings. The third-order valence-corrected chi connectivity index (χ3v) is 4.97. The lowest BCUT2D eigenvalue weighted by molar-refractivity contribution is -0.137. The van der Waals surface area contributed by atoms with Gasteiger partial charge in [-0.2, -0.15) is 13.2 Å². The SMILES string of the molecule is CCCCCCCC[C@H]1CCN(Cc2ccc(C(F)(F)F)cc2)C1=O. The number of amides is 1. The molecule has 1 fully saturated rings. The van der Waals surface area contributed by atoms with Crippen LogP contribution in [0.2, 0.25) is 0 Å². The minimum Gasteiger partial charge on any atom is -0.338 e. The molecule has 25 heavy (non-hydrogen) atoms. The van der Waals surface area contributed by atoms with Crippen LogP contribution < -0.4 is 0 Å². The molecule has 1 aliphatic heterocycles. The summed E-state index contributed by atoms with van der Waals surface area (Å²) in [6.07, 6.45) is 4.80. The summed E-state index contributed by atoms with van der Waals surface area (Å²) in [6, 6.07) is 5.11. The standard InChI is InChI=1S/C20H28F3NO/c1-2-3-4-5-6-7-8-17-13-14-24(19(17)25)15-16-9-11-18(12-10-16)20(21,22)23/h9-12,17H,2-8,13-15H2,1H3/t17-/m0/s1. The van der Waals surface area contributed by atoms with E-state index in [-0.39, 0.29) is 11.8 Å². The van der Waals surface area contributed by atoms with Crippen LogP contribution in [0.5, 0.6) is 0 Å². The predicted octanol–water partition coefficient (Wildman–Crippen LogP) is 5.80. The van der Waals surface area contributed by atoms with E-state index in [1.165, 1.54) is 44.2 Å². The van der Waals surface area contributed by atoms with Crippen LogP contribution in [0.3, 0.4) is 0 Å². The van der Waals surface area contributed by atoms with Crippen LogP contribution in [0, 0.1) is 5.92 Å². The van der Waals surface area contributed by atoms with Crippen molar-refractivity contribution in [2.75, 3.05) is 6.54 Å². The Kier molecular flexibility index (Phi) is 7.33. The minimum atomic E-state index is -4.32. The number of rotatable bonds is 9. The molecule has 1 heterocycles. The smallest absolute Gasteiger partial charge is 0.338 e. The number of benzene rings is 1. The van der Waals surface area contributed by atoms with Crippen molar-refractivity contribution in [1.82, 2.24) is 4.90 Å². The third-order valence-electron chi connectivity index (χ3n) is 4.97. The maximum atomic E-state index is 12.6. The van der Waals surface area contributed by atoms with Crippen LogP contribution in [0.1, 0.15) is 69.4 Å². The van der Waals surface area contributed by atoms with Gasteiger partial charge >= 0.3 is 6.18 Å². The van der Waals surface area contributed by atoms with Gasteiger partial charge in [-0.05, 0) is 30.5 Å². The molecular weight excluding hydrogens is 327 g/mol. The summed E-state index contributed by atoms with van der Waals surface area (Å²) in [4.78, 5) is 14.2. The molecule has 5 heteroatoms. The Hall–Kier alpha value is -1.52. The molecule has 2 nitrogen and oxygen atoms in total. The minimum absolute atomic E-state index is 0.0978. The van der Waals surface area contributed by atoms with Crippen LogP contribution in [-0.2, 0) is 17.5 Å². The first-order chi connectivity index (χ1) is 11.9. The van der Waals surface area contributed by atoms with Crippen molar-refractivity contribution in [3.05, 3.63) is 35.4 Å². The highest BCUT2D eigenvalue weighted by Crippen LogP contribution is 2.30. The van der Waals surface area contributed by atoms with Gasteiger partial charge in [0.25, 0.3) is 0 Å². The van der Waals surface area contributed by atoms with Gasteiger partial charge in [0.2, 0.25) is 5.91 Å². The molecule has 0 spiro atoms. The van der Waals surface area contributed by atoms with E-state index in [0.717, 1.165) is 37.0 Å². The number of unbranched alkanes of at least 4 members (excludes halogenated alkanes) is 5. The molecule has 1 amide bonds. The monoisotopic (exact) mass is 355 g/mol. The molecule has 2 rings (SSSR count). The molecule has 0 N–H and O–H groups in total. The number of carbonyl (C=O) groups excluding carboxylic acids is 1. The van der Waals surface area contributed by atoms with Crippen LogP contribution in [0.25, 0.3) is 0 Å². The summed E-state index contributed by atoms with van der Waals surface area (Å²) >= 11 is 0. The second-order valence-corrected chi connectivity index (χ2v) is 7.00. The van der Waals surface area contributed by atoms with Crippen LogP contribution in [-0.4, -0.2) is 17.4 Å². The predicted molar refractivity (Wildman–Crippen MR) is 93.0 cm³/mol. The second kappa shape index (κ2) is 9.25. The average Bonchev–Trinajstić information content (AvgIpc) is 2.91. The fraction of sp³-hybridized carbons (Fsp3) is 0.650. The highest BCUT2D eigenvalue weighted by atomic mass is 19.4. The summed E-state index contributed by atoms with van der Waals surface area (Å²) in [6.45, 7) is 3.31. The molecule has 0 aromatic heterocycles. The van der Waals surface area contributed by atoms with Crippen molar-refractivity contribution in [3.8, 4) is 0 Å². The second-order valence-electron chi connectivity index (χ2n) is 7.00. The van der Waals surface area contributed by atoms with Gasteiger partial charge in [-0.25, -0.2) is 0 Å². The number of hydrogen-bond donors (Lipinski definition) is 0. The molecule has 0 radical (unpaired) electrons. The van der Waals surface area contributed by atoms with Gasteiger partial charge in [-0.15, -0.1) is 0 Å². The fourth-order valence-electron chi connectivity index (χ4n) is 3.42. The molecule has 1 saturated heterocycles. The zero-order valence-electron chi connectivity index (χ0n) is 14.9. The quantitative estimate of drug-likeness (QED) is 0.512. The van der Waals surface area contributed by atoms with Gasteiger partial charge in [-0.1, -0.05) is 57.6 Å². The van der Waals surface area contributed by atoms with E-state index < -0.39 is 11.7 Å². The number of hydrogen-bond acceptors (Lipinski definition) is 1. The van der Waals surface area contributed by atoms with Gasteiger partial charge in [0, 0.05) is 19.0 Å². The van der Waals surface area contributed by atoms with E-state index in [2.05, 4.69) is 6.92 Å². The topological polar surface area (TPSA) is 20.3 Å². The van der Waals surface area contributed by atoms with Crippen molar-refractivity contribution in [2.24, 2.45) is 5.92 Å². The largest absolute Gasteiger partial charge is 0.416 e. The number of carbonyl (C=O) groups is 1. The van der Waals surface area contributed by atoms with Crippen LogP contribution in [0.4, 0.5) is 13.2 Å². The molecular formula is C20H28F3NO. The van der Waals surface area contributed by atoms with E-state index in [0.29, 0.717) is 13.1 Å². The highest BCUT2D eigenvalue weighted by Gasteiger charge is 2.32. The Bertz CT molecular complexity index is 539. The van der Waals surface area contributed by atoms with E-state index in [1.54, 1.807) is 4.90 Å². The normalized spacial score (nSPS) is 18.2. The van der Waals surface area contributed by atoms with Crippen molar-refractivity contribution in [2.45, 2.75) is 71.0 Å². The fourth-order valence-corrected chi connectivity index (χ4v) is 3.42. The lowest BCUT2D eigenvalue weighted by Gasteiger charge is -2.17. The maximum Gasteiger partial charge on any atom is 0.416 e. The molecule has 0 saturated carbocycles. The van der Waals surface area contributed by atoms with E-state index in [1.807, 2.05) is 0 Å². The number of halogens is 3. The molecule has 140 valence electrons. The molecule has 1 atom stereocenters. The maximum absolute atomic E-state index is 12.6. The van der Waals surface area contributed by atoms with Gasteiger partial charge in [0.05, 0.1) is 5.56 Å². The van der Waals surface area contributed by atoms with Crippen molar-refractivity contribution >= 4 is 5.91 Å². The lowest BCUT2D eigenvalue weighted by atomic mass is 9.99. The van der Waals surface area contributed by atoms with Gasteiger partial charge in [0.1, 0.15) is 0 Å². The molecule has 1 aromatic carbocycles. The van der Waals surface area contributed by atoms with E-state index in [9.17, 15) is 18.0 Å². The Morgan fingerprint density at radius 1 is 1.04 bits per heavy atom. The zero-order valence-corrected chi connectivity index (χ0v) is 14.9. The van der Waals surface area contributed by atoms with Crippen molar-refractivity contribution in [1.29, 1.82) is 0 Å². The molecule has 0 aliphatic carbocycles. The Morgan fingerprint density at radius 3 is 2.32 bits per heavy atom. The van der Waals surface area contributed by atoms with Gasteiger partial charge in [-0.3, -0.25) is 4.79 Å². The summed E-state index contributed by atoms with van der Waals surface area (Å²) < 4.78 is 37.8. The molecule has 1 aromatic rings. The molecule has 0 bridgehead atoms. The number of alkyl halides is 3. The van der Waals surface area contributed by atoms with Crippen molar-refractivity contribution in [3.63, 3.8) is 0 Å². The van der Waals surface area contributed by atoms with E-state index >= 15 is 0 Å². The molecule has 0 unspecified atom stereocenters. The van der Waals surface area contributed by atoms with Crippen LogP contribution >= 0.6 is 0 Å². The Morgan fingerprint density at radius 2 is 1.68 bits per heavy atom. The number of likely N-dealkylation sites (tertiary alicyclic amines) is 1. The summed E-state index contributed by atoms with van der Waals surface area (Å²) in [5.74, 6) is 0.258. The summed E-state index contributed by atoms with van der Waals surface area (Å²) in [5.41, 5.74) is 0.103. The Labute approximate surface area is 148 Å². The summed E-state index contributed by atoms with van der Waals surface area (Å²) in [5, 5.41) is 0. The first-order valence-electron chi connectivity index (χ1n) is 9.36. The first kappa shape index (κ1) is 19.8.